The van der Waals surface area contributed by atoms with Gasteiger partial charge in [-0.1, -0.05) is 0 Å². The van der Waals surface area contributed by atoms with Crippen molar-refractivity contribution in [3.63, 3.8) is 0 Å². The summed E-state index contributed by atoms with van der Waals surface area (Å²) in [6.45, 7) is 4.73. The van der Waals surface area contributed by atoms with Crippen LogP contribution in [0, 0.1) is 0 Å². The van der Waals surface area contributed by atoms with E-state index in [0.29, 0.717) is 0 Å². The molecule has 2 rings (SSSR count). The van der Waals surface area contributed by atoms with E-state index in [9.17, 15) is 26.3 Å². The van der Waals surface area contributed by atoms with Crippen molar-refractivity contribution in [1.29, 1.82) is 0 Å². The molecule has 114 valence electrons. The number of hydrogen-bond acceptors (Lipinski definition) is 2. The van der Waals surface area contributed by atoms with E-state index in [2.05, 4.69) is 0 Å². The van der Waals surface area contributed by atoms with Gasteiger partial charge in [0, 0.05) is 0 Å². The summed E-state index contributed by atoms with van der Waals surface area (Å²) in [6, 6.07) is 0. The molecule has 2 bridgehead atoms. The highest BCUT2D eigenvalue weighted by Crippen LogP contribution is 2.55. The second-order valence-electron chi connectivity index (χ2n) is 5.56. The Morgan fingerprint density at radius 3 is 2.05 bits per heavy atom. The summed E-state index contributed by atoms with van der Waals surface area (Å²) in [5, 5.41) is 0. The van der Waals surface area contributed by atoms with Gasteiger partial charge in [0.15, 0.2) is 8.32 Å². The molecule has 0 aromatic rings. The molecule has 2 atom stereocenters. The van der Waals surface area contributed by atoms with E-state index in [-0.39, 0.29) is 0 Å². The van der Waals surface area contributed by atoms with Gasteiger partial charge in [0.2, 0.25) is 5.79 Å². The minimum Gasteiger partial charge on any atom is -0.384 e. The minimum atomic E-state index is -5.18. The zero-order valence-corrected chi connectivity index (χ0v) is 11.8. The van der Waals surface area contributed by atoms with Gasteiger partial charge in [0.25, 0.3) is 0 Å². The molecule has 2 nitrogen and oxygen atoms in total. The molecule has 0 aromatic carbocycles. The monoisotopic (exact) mass is 318 g/mol. The number of halogens is 6. The van der Waals surface area contributed by atoms with Crippen LogP contribution in [0.25, 0.3) is 0 Å². The highest BCUT2D eigenvalue weighted by atomic mass is 28.4. The average molecular weight is 318 g/mol. The molecule has 2 heterocycles. The van der Waals surface area contributed by atoms with E-state index >= 15 is 0 Å². The number of alkyl halides is 6. The van der Waals surface area contributed by atoms with Crippen LogP contribution in [-0.2, 0) is 9.16 Å². The van der Waals surface area contributed by atoms with Crippen LogP contribution in [0.15, 0.2) is 23.3 Å². The average Bonchev–Trinajstić information content (AvgIpc) is 2.65. The van der Waals surface area contributed by atoms with Crippen LogP contribution < -0.4 is 0 Å². The van der Waals surface area contributed by atoms with E-state index in [1.54, 1.807) is 19.6 Å². The van der Waals surface area contributed by atoms with E-state index in [1.807, 2.05) is 0 Å². The van der Waals surface area contributed by atoms with E-state index in [1.165, 1.54) is 0 Å². The standard InChI is InChI=1S/C11H12F6O2Si/c1-20(2,3)19-9-5-4-6(18-9)7(10(12,13)14)8(9)11(15,16)17/h4-6H,1-3H3. The third-order valence-corrected chi connectivity index (χ3v) is 3.66. The fourth-order valence-corrected chi connectivity index (χ4v) is 3.45. The quantitative estimate of drug-likeness (QED) is 0.436. The maximum Gasteiger partial charge on any atom is 0.418 e. The van der Waals surface area contributed by atoms with E-state index in [4.69, 9.17) is 9.16 Å². The summed E-state index contributed by atoms with van der Waals surface area (Å²) in [4.78, 5) is 0. The van der Waals surface area contributed by atoms with Crippen molar-refractivity contribution >= 4 is 8.32 Å². The maximum atomic E-state index is 13.1. The fraction of sp³-hybridized carbons (Fsp3) is 0.636. The smallest absolute Gasteiger partial charge is 0.384 e. The molecule has 9 heteroatoms. The lowest BCUT2D eigenvalue weighted by Gasteiger charge is -2.34. The van der Waals surface area contributed by atoms with Crippen molar-refractivity contribution in [3.8, 4) is 0 Å². The summed E-state index contributed by atoms with van der Waals surface area (Å²) in [5.41, 5.74) is -3.50. The molecule has 2 unspecified atom stereocenters. The highest BCUT2D eigenvalue weighted by Gasteiger charge is 2.65. The Morgan fingerprint density at radius 1 is 1.10 bits per heavy atom. The first-order valence-corrected chi connectivity index (χ1v) is 9.13. The van der Waals surface area contributed by atoms with Gasteiger partial charge in [0.1, 0.15) is 11.7 Å². The third kappa shape index (κ3) is 2.53. The molecule has 0 fully saturated rings. The predicted octanol–water partition coefficient (Wildman–Crippen LogP) is 3.92. The fourth-order valence-electron chi connectivity index (χ4n) is 2.33. The highest BCUT2D eigenvalue weighted by molar-refractivity contribution is 6.69. The summed E-state index contributed by atoms with van der Waals surface area (Å²) in [5.74, 6) is -2.46. The number of ether oxygens (including phenoxy) is 1. The lowest BCUT2D eigenvalue weighted by Crippen LogP contribution is -2.45. The van der Waals surface area contributed by atoms with Crippen LogP contribution >= 0.6 is 0 Å². The van der Waals surface area contributed by atoms with Gasteiger partial charge in [-0.2, -0.15) is 26.3 Å². The van der Waals surface area contributed by atoms with Gasteiger partial charge in [-0.3, -0.25) is 0 Å². The first-order valence-electron chi connectivity index (χ1n) is 5.73. The number of fused-ring (bicyclic) bond motifs is 2. The van der Waals surface area contributed by atoms with Crippen LogP contribution in [0.1, 0.15) is 0 Å². The molecule has 2 aliphatic rings. The Labute approximate surface area is 112 Å². The van der Waals surface area contributed by atoms with Crippen LogP contribution in [0.2, 0.25) is 19.6 Å². The normalized spacial score (nSPS) is 30.6. The van der Waals surface area contributed by atoms with Crippen molar-refractivity contribution in [2.75, 3.05) is 0 Å². The summed E-state index contributed by atoms with van der Waals surface area (Å²) >= 11 is 0. The molecule has 0 amide bonds. The molecular formula is C11H12F6O2Si. The van der Waals surface area contributed by atoms with E-state index in [0.717, 1.165) is 12.2 Å². The molecule has 0 saturated heterocycles. The molecular weight excluding hydrogens is 306 g/mol. The molecule has 0 aromatic heterocycles. The predicted molar refractivity (Wildman–Crippen MR) is 60.3 cm³/mol. The van der Waals surface area contributed by atoms with E-state index < -0.39 is 43.7 Å². The summed E-state index contributed by atoms with van der Waals surface area (Å²) < 4.78 is 88.1. The molecule has 0 spiro atoms. The first kappa shape index (κ1) is 15.6. The Kier molecular flexibility index (Phi) is 3.20. The van der Waals surface area contributed by atoms with Crippen molar-refractivity contribution in [3.05, 3.63) is 23.3 Å². The minimum absolute atomic E-state index is 0.925. The van der Waals surface area contributed by atoms with Gasteiger partial charge >= 0.3 is 12.4 Å². The maximum absolute atomic E-state index is 13.1. The van der Waals surface area contributed by atoms with Crippen molar-refractivity contribution < 1.29 is 35.5 Å². The largest absolute Gasteiger partial charge is 0.418 e. The lowest BCUT2D eigenvalue weighted by molar-refractivity contribution is -0.163. The Hall–Kier alpha value is -0.803. The zero-order valence-electron chi connectivity index (χ0n) is 10.8. The molecule has 2 aliphatic heterocycles. The molecule has 0 radical (unpaired) electrons. The topological polar surface area (TPSA) is 18.5 Å². The van der Waals surface area contributed by atoms with Gasteiger partial charge in [0.05, 0.1) is 5.57 Å². The van der Waals surface area contributed by atoms with Crippen LogP contribution in [0.3, 0.4) is 0 Å². The molecule has 0 N–H and O–H groups in total. The summed E-state index contributed by atoms with van der Waals surface area (Å²) in [6.07, 6.45) is -10.2. The van der Waals surface area contributed by atoms with Gasteiger partial charge in [-0.25, -0.2) is 0 Å². The Morgan fingerprint density at radius 2 is 1.65 bits per heavy atom. The second-order valence-corrected chi connectivity index (χ2v) is 9.99. The number of hydrogen-bond donors (Lipinski definition) is 0. The Bertz CT molecular complexity index is 485. The Balaban J connectivity index is 2.59. The molecule has 0 saturated carbocycles. The van der Waals surface area contributed by atoms with Crippen LogP contribution in [-0.4, -0.2) is 32.6 Å². The van der Waals surface area contributed by atoms with Crippen LogP contribution in [0.4, 0.5) is 26.3 Å². The number of rotatable bonds is 2. The van der Waals surface area contributed by atoms with Crippen molar-refractivity contribution in [1.82, 2.24) is 0 Å². The summed E-state index contributed by atoms with van der Waals surface area (Å²) in [7, 11) is -2.58. The van der Waals surface area contributed by atoms with Gasteiger partial charge < -0.3 is 9.16 Å². The van der Waals surface area contributed by atoms with Gasteiger partial charge in [-0.15, -0.1) is 0 Å². The van der Waals surface area contributed by atoms with Crippen LogP contribution in [0.5, 0.6) is 0 Å². The first-order chi connectivity index (χ1) is 8.76. The van der Waals surface area contributed by atoms with Gasteiger partial charge in [-0.05, 0) is 31.8 Å². The molecule has 0 aliphatic carbocycles. The van der Waals surface area contributed by atoms with Crippen molar-refractivity contribution in [2.45, 2.75) is 43.9 Å². The second kappa shape index (κ2) is 4.11. The van der Waals surface area contributed by atoms with Crippen molar-refractivity contribution in [2.24, 2.45) is 0 Å². The molecule has 20 heavy (non-hydrogen) atoms. The zero-order chi connectivity index (χ0) is 15.6. The lowest BCUT2D eigenvalue weighted by atomic mass is 9.94. The third-order valence-electron chi connectivity index (χ3n) is 2.74. The SMILES string of the molecule is C[Si](C)(C)OC12C=CC(O1)C(C(F)(F)F)=C2C(F)(F)F.